The summed E-state index contributed by atoms with van der Waals surface area (Å²) in [6, 6.07) is 15.2. The van der Waals surface area contributed by atoms with E-state index in [9.17, 15) is 4.79 Å². The average Bonchev–Trinajstić information content (AvgIpc) is 2.52. The molecule has 0 N–H and O–H groups in total. The van der Waals surface area contributed by atoms with Gasteiger partial charge in [-0.25, -0.2) is 0 Å². The SMILES string of the molecule is COc1cccc(N(Cc2cccc(Br)c2)C(=O)CCl)c1. The molecule has 0 unspecified atom stereocenters. The highest BCUT2D eigenvalue weighted by atomic mass is 79.9. The number of benzene rings is 2. The van der Waals surface area contributed by atoms with Gasteiger partial charge in [0.25, 0.3) is 0 Å². The van der Waals surface area contributed by atoms with E-state index in [0.29, 0.717) is 12.3 Å². The van der Waals surface area contributed by atoms with Gasteiger partial charge in [-0.15, -0.1) is 11.6 Å². The van der Waals surface area contributed by atoms with Crippen LogP contribution < -0.4 is 9.64 Å². The monoisotopic (exact) mass is 367 g/mol. The number of nitrogens with zero attached hydrogens (tertiary/aromatic N) is 1. The molecule has 0 fully saturated rings. The quantitative estimate of drug-likeness (QED) is 0.739. The Balaban J connectivity index is 2.32. The van der Waals surface area contributed by atoms with Crippen LogP contribution in [0.2, 0.25) is 0 Å². The van der Waals surface area contributed by atoms with Gasteiger partial charge < -0.3 is 9.64 Å². The topological polar surface area (TPSA) is 29.5 Å². The first-order chi connectivity index (χ1) is 10.1. The molecule has 21 heavy (non-hydrogen) atoms. The van der Waals surface area contributed by atoms with Crippen LogP contribution in [0, 0.1) is 0 Å². The summed E-state index contributed by atoms with van der Waals surface area (Å²) in [7, 11) is 1.60. The highest BCUT2D eigenvalue weighted by molar-refractivity contribution is 9.10. The molecule has 2 aromatic carbocycles. The molecular weight excluding hydrogens is 354 g/mol. The van der Waals surface area contributed by atoms with Gasteiger partial charge in [0.15, 0.2) is 0 Å². The predicted octanol–water partition coefficient (Wildman–Crippen LogP) is 4.23. The number of alkyl halides is 1. The molecular formula is C16H15BrClNO2. The Kier molecular flexibility index (Phi) is 5.65. The molecule has 0 spiro atoms. The summed E-state index contributed by atoms with van der Waals surface area (Å²) in [6.45, 7) is 0.457. The highest BCUT2D eigenvalue weighted by Gasteiger charge is 2.16. The molecule has 0 bridgehead atoms. The minimum Gasteiger partial charge on any atom is -0.497 e. The van der Waals surface area contributed by atoms with Crippen molar-refractivity contribution in [1.82, 2.24) is 0 Å². The van der Waals surface area contributed by atoms with Gasteiger partial charge in [-0.2, -0.15) is 0 Å². The predicted molar refractivity (Wildman–Crippen MR) is 89.0 cm³/mol. The van der Waals surface area contributed by atoms with Crippen molar-refractivity contribution in [2.45, 2.75) is 6.54 Å². The fraction of sp³-hybridized carbons (Fsp3) is 0.188. The van der Waals surface area contributed by atoms with Crippen molar-refractivity contribution in [3.63, 3.8) is 0 Å². The van der Waals surface area contributed by atoms with E-state index in [-0.39, 0.29) is 11.8 Å². The Hall–Kier alpha value is -1.52. The lowest BCUT2D eigenvalue weighted by Gasteiger charge is -2.22. The number of hydrogen-bond acceptors (Lipinski definition) is 2. The van der Waals surface area contributed by atoms with Crippen molar-refractivity contribution in [2.75, 3.05) is 17.9 Å². The van der Waals surface area contributed by atoms with E-state index in [1.807, 2.05) is 48.5 Å². The second kappa shape index (κ2) is 7.48. The maximum absolute atomic E-state index is 12.1. The number of halogens is 2. The Bertz CT molecular complexity index is 633. The third-order valence-corrected chi connectivity index (χ3v) is 3.73. The van der Waals surface area contributed by atoms with Crippen LogP contribution in [0.5, 0.6) is 5.75 Å². The number of methoxy groups -OCH3 is 1. The fourth-order valence-electron chi connectivity index (χ4n) is 1.99. The van der Waals surface area contributed by atoms with E-state index < -0.39 is 0 Å². The number of rotatable bonds is 5. The van der Waals surface area contributed by atoms with Crippen molar-refractivity contribution in [3.8, 4) is 5.75 Å². The van der Waals surface area contributed by atoms with Crippen LogP contribution in [0.3, 0.4) is 0 Å². The molecule has 0 saturated heterocycles. The highest BCUT2D eigenvalue weighted by Crippen LogP contribution is 2.24. The molecule has 0 radical (unpaired) electrons. The van der Waals surface area contributed by atoms with E-state index in [0.717, 1.165) is 15.7 Å². The summed E-state index contributed by atoms with van der Waals surface area (Å²) >= 11 is 9.17. The third-order valence-electron chi connectivity index (χ3n) is 3.01. The van der Waals surface area contributed by atoms with Crippen LogP contribution >= 0.6 is 27.5 Å². The van der Waals surface area contributed by atoms with Crippen LogP contribution in [0.4, 0.5) is 5.69 Å². The molecule has 1 amide bonds. The average molecular weight is 369 g/mol. The number of carbonyl (C=O) groups excluding carboxylic acids is 1. The lowest BCUT2D eigenvalue weighted by molar-refractivity contribution is -0.116. The van der Waals surface area contributed by atoms with E-state index in [1.54, 1.807) is 12.0 Å². The van der Waals surface area contributed by atoms with Gasteiger partial charge in [0.05, 0.1) is 13.7 Å². The van der Waals surface area contributed by atoms with Crippen LogP contribution in [-0.4, -0.2) is 18.9 Å². The first-order valence-electron chi connectivity index (χ1n) is 6.39. The second-order valence-electron chi connectivity index (χ2n) is 4.44. The van der Waals surface area contributed by atoms with Gasteiger partial charge in [0.1, 0.15) is 11.6 Å². The van der Waals surface area contributed by atoms with Crippen molar-refractivity contribution in [3.05, 3.63) is 58.6 Å². The summed E-state index contributed by atoms with van der Waals surface area (Å²) in [4.78, 5) is 13.8. The van der Waals surface area contributed by atoms with E-state index in [1.165, 1.54) is 0 Å². The Morgan fingerprint density at radius 2 is 2.00 bits per heavy atom. The van der Waals surface area contributed by atoms with E-state index in [4.69, 9.17) is 16.3 Å². The minimum absolute atomic E-state index is 0.0643. The molecule has 110 valence electrons. The molecule has 0 aliphatic heterocycles. The maximum atomic E-state index is 12.1. The molecule has 0 atom stereocenters. The van der Waals surface area contributed by atoms with Crippen molar-refractivity contribution in [2.24, 2.45) is 0 Å². The van der Waals surface area contributed by atoms with Crippen LogP contribution in [0.15, 0.2) is 53.0 Å². The van der Waals surface area contributed by atoms with Gasteiger partial charge in [0.2, 0.25) is 5.91 Å². The minimum atomic E-state index is -0.148. The summed E-state index contributed by atoms with van der Waals surface area (Å²) in [5.41, 5.74) is 1.78. The summed E-state index contributed by atoms with van der Waals surface area (Å²) in [5, 5.41) is 0. The normalized spacial score (nSPS) is 10.2. The zero-order chi connectivity index (χ0) is 15.2. The van der Waals surface area contributed by atoms with E-state index in [2.05, 4.69) is 15.9 Å². The number of hydrogen-bond donors (Lipinski definition) is 0. The summed E-state index contributed by atoms with van der Waals surface area (Å²) in [5.74, 6) is 0.490. The molecule has 0 aromatic heterocycles. The lowest BCUT2D eigenvalue weighted by Crippen LogP contribution is -2.31. The maximum Gasteiger partial charge on any atom is 0.242 e. The first-order valence-corrected chi connectivity index (χ1v) is 7.71. The standard InChI is InChI=1S/C16H15BrClNO2/c1-21-15-7-3-6-14(9-15)19(16(20)10-18)11-12-4-2-5-13(17)8-12/h2-9H,10-11H2,1H3. The zero-order valence-corrected chi connectivity index (χ0v) is 13.9. The van der Waals surface area contributed by atoms with Gasteiger partial charge in [-0.05, 0) is 29.8 Å². The number of amides is 1. The zero-order valence-electron chi connectivity index (χ0n) is 11.6. The van der Waals surface area contributed by atoms with Crippen molar-refractivity contribution < 1.29 is 9.53 Å². The van der Waals surface area contributed by atoms with Crippen LogP contribution in [0.25, 0.3) is 0 Å². The number of ether oxygens (including phenoxy) is 1. The molecule has 0 aliphatic carbocycles. The van der Waals surface area contributed by atoms with Gasteiger partial charge in [0, 0.05) is 16.2 Å². The number of carbonyl (C=O) groups is 1. The van der Waals surface area contributed by atoms with E-state index >= 15 is 0 Å². The third kappa shape index (κ3) is 4.22. The molecule has 0 aliphatic rings. The molecule has 3 nitrogen and oxygen atoms in total. The first kappa shape index (κ1) is 15.9. The molecule has 0 heterocycles. The Morgan fingerprint density at radius 1 is 1.24 bits per heavy atom. The van der Waals surface area contributed by atoms with Gasteiger partial charge in [-0.3, -0.25) is 4.79 Å². The molecule has 2 rings (SSSR count). The van der Waals surface area contributed by atoms with Gasteiger partial charge in [-0.1, -0.05) is 34.1 Å². The lowest BCUT2D eigenvalue weighted by atomic mass is 10.2. The molecule has 0 saturated carbocycles. The summed E-state index contributed by atoms with van der Waals surface area (Å²) in [6.07, 6.45) is 0. The molecule has 2 aromatic rings. The smallest absolute Gasteiger partial charge is 0.242 e. The number of anilines is 1. The largest absolute Gasteiger partial charge is 0.497 e. The van der Waals surface area contributed by atoms with Gasteiger partial charge >= 0.3 is 0 Å². The Labute approximate surface area is 137 Å². The molecule has 5 heteroatoms. The van der Waals surface area contributed by atoms with Crippen molar-refractivity contribution in [1.29, 1.82) is 0 Å². The fourth-order valence-corrected chi connectivity index (χ4v) is 2.58. The van der Waals surface area contributed by atoms with Crippen molar-refractivity contribution >= 4 is 39.1 Å². The van der Waals surface area contributed by atoms with Crippen LogP contribution in [0.1, 0.15) is 5.56 Å². The second-order valence-corrected chi connectivity index (χ2v) is 5.63. The van der Waals surface area contributed by atoms with Crippen LogP contribution in [-0.2, 0) is 11.3 Å². The Morgan fingerprint density at radius 3 is 2.67 bits per heavy atom. The summed E-state index contributed by atoms with van der Waals surface area (Å²) < 4.78 is 6.19.